The zero-order valence-electron chi connectivity index (χ0n) is 12.7. The van der Waals surface area contributed by atoms with Crippen LogP contribution < -0.4 is 10.6 Å². The van der Waals surface area contributed by atoms with Crippen molar-refractivity contribution >= 4 is 11.7 Å². The zero-order valence-corrected chi connectivity index (χ0v) is 12.7. The number of hydrogen-bond acceptors (Lipinski definition) is 3. The lowest BCUT2D eigenvalue weighted by Crippen LogP contribution is -2.36. The number of rotatable bonds is 8. The molecule has 4 nitrogen and oxygen atoms in total. The number of hydrogen-bond donors (Lipinski definition) is 2. The maximum atomic E-state index is 11.9. The van der Waals surface area contributed by atoms with Gasteiger partial charge in [0, 0.05) is 20.4 Å². The van der Waals surface area contributed by atoms with E-state index in [-0.39, 0.29) is 11.7 Å². The van der Waals surface area contributed by atoms with E-state index in [0.29, 0.717) is 12.8 Å². The third-order valence-corrected chi connectivity index (χ3v) is 3.07. The predicted molar refractivity (Wildman–Crippen MR) is 78.7 cm³/mol. The highest BCUT2D eigenvalue weighted by Gasteiger charge is 2.13. The van der Waals surface area contributed by atoms with Crippen LogP contribution in [0, 0.1) is 0 Å². The van der Waals surface area contributed by atoms with Crippen LogP contribution in [0.4, 0.5) is 0 Å². The van der Waals surface area contributed by atoms with Gasteiger partial charge in [-0.1, -0.05) is 12.5 Å². The topological polar surface area (TPSA) is 58.2 Å². The monoisotopic (exact) mass is 266 g/mol. The van der Waals surface area contributed by atoms with Gasteiger partial charge in [-0.15, -0.1) is 0 Å². The van der Waals surface area contributed by atoms with Crippen molar-refractivity contribution in [2.75, 3.05) is 7.05 Å². The van der Waals surface area contributed by atoms with E-state index < -0.39 is 6.04 Å². The summed E-state index contributed by atoms with van der Waals surface area (Å²) in [5.41, 5.74) is 2.46. The summed E-state index contributed by atoms with van der Waals surface area (Å²) in [7, 11) is 1.85. The van der Waals surface area contributed by atoms with Crippen LogP contribution in [0.25, 0.3) is 0 Å². The first-order valence-corrected chi connectivity index (χ1v) is 6.74. The van der Waals surface area contributed by atoms with Crippen LogP contribution in [0.5, 0.6) is 0 Å². The lowest BCUT2D eigenvalue weighted by Gasteiger charge is -2.12. The lowest BCUT2D eigenvalue weighted by atomic mass is 9.99. The summed E-state index contributed by atoms with van der Waals surface area (Å²) in [5.74, 6) is -0.106. The standard InChI is InChI=1S/C15H26N2O2/c1-6-11(2)14(9-10-16-5)7-8-15(19)12(3)17-13(4)18/h9-10,12,16H,6-8H2,1-5H3,(H,17,18)/b10-9-,14-11+/t12-/m0/s1. The molecule has 1 amide bonds. The smallest absolute Gasteiger partial charge is 0.217 e. The maximum Gasteiger partial charge on any atom is 0.217 e. The minimum atomic E-state index is -0.408. The van der Waals surface area contributed by atoms with Crippen molar-refractivity contribution in [2.45, 2.75) is 53.0 Å². The summed E-state index contributed by atoms with van der Waals surface area (Å²) in [6, 6.07) is -0.408. The third-order valence-electron chi connectivity index (χ3n) is 3.07. The van der Waals surface area contributed by atoms with Crippen molar-refractivity contribution in [2.24, 2.45) is 0 Å². The van der Waals surface area contributed by atoms with Gasteiger partial charge in [-0.25, -0.2) is 0 Å². The molecular weight excluding hydrogens is 240 g/mol. The van der Waals surface area contributed by atoms with Gasteiger partial charge in [0.25, 0.3) is 0 Å². The molecule has 1 atom stereocenters. The van der Waals surface area contributed by atoms with E-state index in [1.165, 1.54) is 18.1 Å². The normalized spacial score (nSPS) is 13.9. The van der Waals surface area contributed by atoms with Crippen molar-refractivity contribution in [3.63, 3.8) is 0 Å². The Hall–Kier alpha value is -1.58. The zero-order chi connectivity index (χ0) is 14.8. The second-order valence-electron chi connectivity index (χ2n) is 4.67. The average Bonchev–Trinajstić information content (AvgIpc) is 2.36. The van der Waals surface area contributed by atoms with Crippen molar-refractivity contribution in [1.29, 1.82) is 0 Å². The molecule has 0 unspecified atom stereocenters. The summed E-state index contributed by atoms with van der Waals surface area (Å²) in [6.45, 7) is 7.33. The van der Waals surface area contributed by atoms with Gasteiger partial charge in [0.05, 0.1) is 6.04 Å². The van der Waals surface area contributed by atoms with E-state index in [2.05, 4.69) is 24.5 Å². The fraction of sp³-hybridized carbons (Fsp3) is 0.600. The molecule has 0 radical (unpaired) electrons. The van der Waals surface area contributed by atoms with Gasteiger partial charge >= 0.3 is 0 Å². The first-order chi connectivity index (χ1) is 8.92. The lowest BCUT2D eigenvalue weighted by molar-refractivity contribution is -0.126. The van der Waals surface area contributed by atoms with Crippen molar-refractivity contribution in [3.8, 4) is 0 Å². The van der Waals surface area contributed by atoms with Gasteiger partial charge in [0.2, 0.25) is 5.91 Å². The van der Waals surface area contributed by atoms with Crippen LogP contribution in [0.2, 0.25) is 0 Å². The molecule has 0 saturated heterocycles. The SMILES string of the molecule is CC/C(C)=C(/C=C\NC)CCC(=O)[C@H](C)NC(C)=O. The largest absolute Gasteiger partial charge is 0.394 e. The van der Waals surface area contributed by atoms with Crippen LogP contribution >= 0.6 is 0 Å². The summed E-state index contributed by atoms with van der Waals surface area (Å²) in [5, 5.41) is 5.57. The first kappa shape index (κ1) is 17.4. The Morgan fingerprint density at radius 1 is 1.21 bits per heavy atom. The summed E-state index contributed by atoms with van der Waals surface area (Å²) >= 11 is 0. The van der Waals surface area contributed by atoms with Crippen LogP contribution in [0.3, 0.4) is 0 Å². The van der Waals surface area contributed by atoms with Crippen LogP contribution in [-0.2, 0) is 9.59 Å². The van der Waals surface area contributed by atoms with Crippen LogP contribution in [-0.4, -0.2) is 24.8 Å². The summed E-state index contributed by atoms with van der Waals surface area (Å²) < 4.78 is 0. The van der Waals surface area contributed by atoms with Crippen LogP contribution in [0.1, 0.15) is 47.0 Å². The highest BCUT2D eigenvalue weighted by Crippen LogP contribution is 2.16. The fourth-order valence-electron chi connectivity index (χ4n) is 1.71. The molecule has 0 aliphatic rings. The number of Topliss-reactive ketones (excluding diaryl/α,β-unsaturated/α-hetero) is 1. The maximum absolute atomic E-state index is 11.9. The van der Waals surface area contributed by atoms with E-state index in [1.54, 1.807) is 6.92 Å². The van der Waals surface area contributed by atoms with E-state index in [1.807, 2.05) is 19.3 Å². The van der Waals surface area contributed by atoms with Gasteiger partial charge in [-0.3, -0.25) is 9.59 Å². The number of carbonyl (C=O) groups is 2. The molecule has 0 rings (SSSR count). The quantitative estimate of drug-likeness (QED) is 0.663. The summed E-state index contributed by atoms with van der Waals surface area (Å²) in [4.78, 5) is 22.8. The minimum absolute atomic E-state index is 0.0643. The minimum Gasteiger partial charge on any atom is -0.394 e. The molecule has 0 heterocycles. The van der Waals surface area contributed by atoms with Crippen molar-refractivity contribution in [1.82, 2.24) is 10.6 Å². The van der Waals surface area contributed by atoms with Crippen molar-refractivity contribution in [3.05, 3.63) is 23.4 Å². The Morgan fingerprint density at radius 2 is 1.84 bits per heavy atom. The molecule has 0 aromatic heterocycles. The molecule has 0 spiro atoms. The van der Waals surface area contributed by atoms with E-state index in [9.17, 15) is 9.59 Å². The van der Waals surface area contributed by atoms with Gasteiger partial charge in [-0.05, 0) is 44.5 Å². The summed E-state index contributed by atoms with van der Waals surface area (Å²) in [6.07, 6.45) is 6.01. The number of carbonyl (C=O) groups excluding carboxylic acids is 2. The van der Waals surface area contributed by atoms with E-state index in [0.717, 1.165) is 6.42 Å². The Bertz CT molecular complexity index is 370. The van der Waals surface area contributed by atoms with Gasteiger partial charge < -0.3 is 10.6 Å². The average molecular weight is 266 g/mol. The number of amides is 1. The fourth-order valence-corrected chi connectivity index (χ4v) is 1.71. The van der Waals surface area contributed by atoms with Gasteiger partial charge in [0.15, 0.2) is 5.78 Å². The molecule has 0 aromatic carbocycles. The molecule has 19 heavy (non-hydrogen) atoms. The molecule has 0 aliphatic carbocycles. The van der Waals surface area contributed by atoms with E-state index in [4.69, 9.17) is 0 Å². The molecule has 0 saturated carbocycles. The molecule has 4 heteroatoms. The second kappa shape index (κ2) is 9.36. The molecule has 0 aliphatic heterocycles. The molecule has 2 N–H and O–H groups in total. The number of allylic oxidation sites excluding steroid dienone is 3. The number of ketones is 1. The first-order valence-electron chi connectivity index (χ1n) is 6.74. The van der Waals surface area contributed by atoms with Crippen molar-refractivity contribution < 1.29 is 9.59 Å². The van der Waals surface area contributed by atoms with Gasteiger partial charge in [-0.2, -0.15) is 0 Å². The molecule has 0 aromatic rings. The Morgan fingerprint density at radius 3 is 2.32 bits per heavy atom. The third kappa shape index (κ3) is 7.44. The molecule has 0 fully saturated rings. The van der Waals surface area contributed by atoms with Crippen LogP contribution in [0.15, 0.2) is 23.4 Å². The highest BCUT2D eigenvalue weighted by molar-refractivity contribution is 5.88. The Balaban J connectivity index is 4.52. The molecule has 0 bridgehead atoms. The molecule has 108 valence electrons. The second-order valence-corrected chi connectivity index (χ2v) is 4.67. The van der Waals surface area contributed by atoms with Gasteiger partial charge in [0.1, 0.15) is 0 Å². The molecular formula is C15H26N2O2. The number of nitrogens with one attached hydrogen (secondary N) is 2. The predicted octanol–water partition coefficient (Wildman–Crippen LogP) is 2.32. The Labute approximate surface area is 116 Å². The van der Waals surface area contributed by atoms with E-state index >= 15 is 0 Å². The highest BCUT2D eigenvalue weighted by atomic mass is 16.2. The Kier molecular flexibility index (Phi) is 8.58.